The maximum absolute atomic E-state index is 11.3. The fraction of sp³-hybridized carbons (Fsp3) is 0.923. The van der Waals surface area contributed by atoms with Gasteiger partial charge in [-0.3, -0.25) is 0 Å². The Morgan fingerprint density at radius 1 is 0.595 bits per heavy atom. The van der Waals surface area contributed by atoms with Gasteiger partial charge in [0.25, 0.3) is 0 Å². The van der Waals surface area contributed by atoms with Crippen molar-refractivity contribution in [1.82, 2.24) is 0 Å². The fourth-order valence-corrected chi connectivity index (χ4v) is 5.29. The number of allylic oxidation sites excluding steroid dienone is 1. The minimum absolute atomic E-state index is 0.234. The van der Waals surface area contributed by atoms with Gasteiger partial charge in [0.2, 0.25) is 0 Å². The predicted octanol–water partition coefficient (Wildman–Crippen LogP) is -3.88. The van der Waals surface area contributed by atoms with E-state index in [4.69, 9.17) is 37.9 Å². The molecule has 8 N–H and O–H groups in total. The second kappa shape index (κ2) is 17.0. The van der Waals surface area contributed by atoms with E-state index in [1.165, 1.54) is 14.2 Å². The van der Waals surface area contributed by atoms with E-state index >= 15 is 0 Å². The maximum atomic E-state index is 11.3. The van der Waals surface area contributed by atoms with Crippen LogP contribution in [0.2, 0.25) is 0 Å². The minimum Gasteiger partial charge on any atom is -0.394 e. The lowest BCUT2D eigenvalue weighted by molar-refractivity contribution is -0.383. The monoisotopic (exact) mass is 614 g/mol. The second-order valence-corrected chi connectivity index (χ2v) is 10.4. The van der Waals surface area contributed by atoms with Crippen LogP contribution in [0, 0.1) is 0 Å². The van der Waals surface area contributed by atoms with E-state index in [-0.39, 0.29) is 6.61 Å². The quantitative estimate of drug-likeness (QED) is 0.0650. The van der Waals surface area contributed by atoms with Crippen LogP contribution in [-0.4, -0.2) is 174 Å². The first kappa shape index (κ1) is 35.6. The van der Waals surface area contributed by atoms with Gasteiger partial charge in [0.15, 0.2) is 18.9 Å². The minimum atomic E-state index is -1.79. The molecule has 3 aliphatic rings. The molecule has 3 aliphatic heterocycles. The van der Waals surface area contributed by atoms with Crippen LogP contribution in [0.1, 0.15) is 19.3 Å². The van der Waals surface area contributed by atoms with Crippen LogP contribution in [0.15, 0.2) is 12.7 Å². The zero-order valence-corrected chi connectivity index (χ0v) is 23.7. The number of unbranched alkanes of at least 4 members (excludes halogenated alkanes) is 2. The van der Waals surface area contributed by atoms with Crippen molar-refractivity contribution in [2.24, 2.45) is 0 Å². The molecule has 0 amide bonds. The van der Waals surface area contributed by atoms with Crippen LogP contribution in [0.3, 0.4) is 0 Å². The molecule has 16 heteroatoms. The summed E-state index contributed by atoms with van der Waals surface area (Å²) in [6.07, 6.45) is -17.1. The van der Waals surface area contributed by atoms with Gasteiger partial charge < -0.3 is 78.7 Å². The third-order valence-electron chi connectivity index (χ3n) is 7.65. The van der Waals surface area contributed by atoms with Gasteiger partial charge in [-0.1, -0.05) is 6.08 Å². The summed E-state index contributed by atoms with van der Waals surface area (Å²) in [6.45, 7) is 2.06. The van der Waals surface area contributed by atoms with Gasteiger partial charge >= 0.3 is 0 Å². The van der Waals surface area contributed by atoms with Gasteiger partial charge in [-0.25, -0.2) is 0 Å². The first-order valence-electron chi connectivity index (χ1n) is 14.0. The third kappa shape index (κ3) is 8.02. The van der Waals surface area contributed by atoms with Crippen molar-refractivity contribution in [1.29, 1.82) is 0 Å². The summed E-state index contributed by atoms with van der Waals surface area (Å²) in [7, 11) is 2.58. The largest absolute Gasteiger partial charge is 0.394 e. The van der Waals surface area contributed by atoms with Gasteiger partial charge in [-0.15, -0.1) is 6.58 Å². The molecule has 42 heavy (non-hydrogen) atoms. The van der Waals surface area contributed by atoms with Crippen molar-refractivity contribution in [3.8, 4) is 0 Å². The molecular weight excluding hydrogens is 568 g/mol. The number of hydrogen-bond donors (Lipinski definition) is 8. The van der Waals surface area contributed by atoms with Gasteiger partial charge in [0, 0.05) is 20.8 Å². The highest BCUT2D eigenvalue weighted by Crippen LogP contribution is 2.34. The lowest BCUT2D eigenvalue weighted by atomic mass is 9.95. The SMILES string of the molecule is C=CCCCCO[C@H]1OC(CO)[C@@H](OC)C(O[C@H]2OC(CO)[C@@H](OC)C(O[C@H]3OC(CO)[C@@H](O)C(O)C3O)C2O)C1O. The molecule has 3 saturated heterocycles. The topological polar surface area (TPSA) is 236 Å². The van der Waals surface area contributed by atoms with E-state index < -0.39 is 112 Å². The Morgan fingerprint density at radius 3 is 1.57 bits per heavy atom. The van der Waals surface area contributed by atoms with E-state index in [1.807, 2.05) is 0 Å². The average molecular weight is 615 g/mol. The molecule has 0 aromatic rings. The van der Waals surface area contributed by atoms with Crippen molar-refractivity contribution in [3.05, 3.63) is 12.7 Å². The third-order valence-corrected chi connectivity index (χ3v) is 7.65. The predicted molar refractivity (Wildman–Crippen MR) is 139 cm³/mol. The average Bonchev–Trinajstić information content (AvgIpc) is 3.00. The molecule has 9 unspecified atom stereocenters. The molecule has 3 heterocycles. The number of ether oxygens (including phenoxy) is 8. The molecule has 0 spiro atoms. The smallest absolute Gasteiger partial charge is 0.187 e. The van der Waals surface area contributed by atoms with E-state index in [2.05, 4.69) is 6.58 Å². The van der Waals surface area contributed by atoms with Crippen molar-refractivity contribution < 1.29 is 78.7 Å². The summed E-state index contributed by atoms with van der Waals surface area (Å²) in [5.74, 6) is 0. The van der Waals surface area contributed by atoms with Crippen molar-refractivity contribution in [3.63, 3.8) is 0 Å². The Hall–Kier alpha value is -0.900. The molecule has 3 rings (SSSR count). The van der Waals surface area contributed by atoms with E-state index in [1.54, 1.807) is 6.08 Å². The lowest BCUT2D eigenvalue weighted by Gasteiger charge is -2.49. The summed E-state index contributed by atoms with van der Waals surface area (Å²) in [4.78, 5) is 0. The number of rotatable bonds is 15. The number of hydrogen-bond acceptors (Lipinski definition) is 16. The lowest BCUT2D eigenvalue weighted by Crippen LogP contribution is -2.67. The number of aliphatic hydroxyl groups excluding tert-OH is 8. The number of methoxy groups -OCH3 is 2. The molecule has 15 atom stereocenters. The van der Waals surface area contributed by atoms with E-state index in [9.17, 15) is 40.9 Å². The summed E-state index contributed by atoms with van der Waals surface area (Å²) in [5, 5.41) is 82.7. The zero-order valence-electron chi connectivity index (χ0n) is 23.7. The van der Waals surface area contributed by atoms with Crippen molar-refractivity contribution in [2.45, 2.75) is 111 Å². The Balaban J connectivity index is 1.80. The first-order chi connectivity index (χ1) is 20.2. The molecule has 0 saturated carbocycles. The molecule has 246 valence electrons. The van der Waals surface area contributed by atoms with E-state index in [0.29, 0.717) is 6.42 Å². The molecule has 3 fully saturated rings. The molecule has 16 nitrogen and oxygen atoms in total. The summed E-state index contributed by atoms with van der Waals surface area (Å²) >= 11 is 0. The number of aliphatic hydroxyl groups is 8. The van der Waals surface area contributed by atoms with Crippen LogP contribution in [0.25, 0.3) is 0 Å². The van der Waals surface area contributed by atoms with Gasteiger partial charge in [-0.2, -0.15) is 0 Å². The van der Waals surface area contributed by atoms with Crippen LogP contribution < -0.4 is 0 Å². The Bertz CT molecular complexity index is 789. The molecular formula is C26H46O16. The summed E-state index contributed by atoms with van der Waals surface area (Å²) in [5.41, 5.74) is 0. The molecule has 0 aromatic heterocycles. The summed E-state index contributed by atoms with van der Waals surface area (Å²) in [6, 6.07) is 0. The van der Waals surface area contributed by atoms with Gasteiger partial charge in [0.05, 0.1) is 19.8 Å². The molecule has 0 bridgehead atoms. The van der Waals surface area contributed by atoms with Crippen LogP contribution >= 0.6 is 0 Å². The standard InChI is InChI=1S/C26H46O16/c1-4-5-6-7-8-37-24-18(33)22(20(35-2)13(10-28)39-24)42-26-19(34)23(21(36-3)14(11-29)40-26)41-25-17(32)16(31)15(30)12(9-27)38-25/h4,12-34H,1,5-11H2,2-3H3/t12?,13?,14?,15-,16?,17?,18?,19?,20-,21-,22?,23?,24+,25-,26-/m1/s1. The van der Waals surface area contributed by atoms with Gasteiger partial charge in [0.1, 0.15) is 73.2 Å². The maximum Gasteiger partial charge on any atom is 0.187 e. The van der Waals surface area contributed by atoms with E-state index in [0.717, 1.165) is 12.8 Å². The highest BCUT2D eigenvalue weighted by atomic mass is 16.8. The Kier molecular flexibility index (Phi) is 14.4. The van der Waals surface area contributed by atoms with Crippen LogP contribution in [0.5, 0.6) is 0 Å². The molecule has 0 radical (unpaired) electrons. The van der Waals surface area contributed by atoms with Crippen molar-refractivity contribution in [2.75, 3.05) is 40.6 Å². The Labute approximate surface area is 243 Å². The molecule has 0 aromatic carbocycles. The summed E-state index contributed by atoms with van der Waals surface area (Å²) < 4.78 is 45.3. The second-order valence-electron chi connectivity index (χ2n) is 10.4. The zero-order chi connectivity index (χ0) is 31.0. The highest BCUT2D eigenvalue weighted by Gasteiger charge is 2.54. The van der Waals surface area contributed by atoms with Gasteiger partial charge in [-0.05, 0) is 19.3 Å². The highest BCUT2D eigenvalue weighted by molar-refractivity contribution is 4.97. The fourth-order valence-electron chi connectivity index (χ4n) is 5.29. The van der Waals surface area contributed by atoms with Crippen LogP contribution in [-0.2, 0) is 37.9 Å². The molecule has 0 aliphatic carbocycles. The normalized spacial score (nSPS) is 44.7. The van der Waals surface area contributed by atoms with Crippen LogP contribution in [0.4, 0.5) is 0 Å². The first-order valence-corrected chi connectivity index (χ1v) is 14.0. The Morgan fingerprint density at radius 2 is 1.07 bits per heavy atom. The van der Waals surface area contributed by atoms with Crippen molar-refractivity contribution >= 4 is 0 Å².